The summed E-state index contributed by atoms with van der Waals surface area (Å²) < 4.78 is 0. The second-order valence-electron chi connectivity index (χ2n) is 4.34. The molecule has 104 valence electrons. The van der Waals surface area contributed by atoms with E-state index in [2.05, 4.69) is 11.9 Å². The maximum absolute atomic E-state index is 12.1. The number of unbranched alkanes of at least 4 members (excludes halogenated alkanes) is 2. The highest BCUT2D eigenvalue weighted by Crippen LogP contribution is 2.05. The van der Waals surface area contributed by atoms with Gasteiger partial charge in [-0.3, -0.25) is 4.79 Å². The maximum atomic E-state index is 12.1. The summed E-state index contributed by atoms with van der Waals surface area (Å²) in [5.41, 5.74) is 0. The Morgan fingerprint density at radius 2 is 2.11 bits per heavy atom. The highest BCUT2D eigenvalue weighted by atomic mass is 16.4. The molecule has 0 aromatic heterocycles. The highest BCUT2D eigenvalue weighted by Gasteiger charge is 2.22. The summed E-state index contributed by atoms with van der Waals surface area (Å²) in [6, 6.07) is -0.629. The Labute approximate surface area is 109 Å². The van der Waals surface area contributed by atoms with Gasteiger partial charge in [-0.25, -0.2) is 4.79 Å². The van der Waals surface area contributed by atoms with Crippen LogP contribution in [0.15, 0.2) is 12.7 Å². The van der Waals surface area contributed by atoms with Crippen molar-refractivity contribution in [2.75, 3.05) is 13.6 Å². The molecule has 0 aromatic carbocycles. The van der Waals surface area contributed by atoms with Gasteiger partial charge in [0.2, 0.25) is 5.91 Å². The zero-order chi connectivity index (χ0) is 14.0. The molecule has 1 atom stereocenters. The lowest BCUT2D eigenvalue weighted by atomic mass is 10.1. The minimum atomic E-state index is -1.15. The molecule has 5 heteroatoms. The number of hydrogen-bond donors (Lipinski definition) is 2. The second kappa shape index (κ2) is 9.50. The van der Waals surface area contributed by atoms with Gasteiger partial charge in [0.1, 0.15) is 6.04 Å². The molecule has 0 radical (unpaired) electrons. The minimum Gasteiger partial charge on any atom is -0.465 e. The summed E-state index contributed by atoms with van der Waals surface area (Å²) in [5, 5.41) is 11.0. The lowest BCUT2D eigenvalue weighted by Gasteiger charge is -2.23. The quantitative estimate of drug-likeness (QED) is 0.491. The van der Waals surface area contributed by atoms with Gasteiger partial charge in [-0.05, 0) is 19.3 Å². The van der Waals surface area contributed by atoms with E-state index >= 15 is 0 Å². The first-order valence-corrected chi connectivity index (χ1v) is 6.38. The van der Waals surface area contributed by atoms with Crippen LogP contribution in [0.3, 0.4) is 0 Å². The Morgan fingerprint density at radius 3 is 2.61 bits per heavy atom. The van der Waals surface area contributed by atoms with E-state index in [1.165, 1.54) is 0 Å². The Kier molecular flexibility index (Phi) is 8.70. The van der Waals surface area contributed by atoms with Gasteiger partial charge in [-0.15, -0.1) is 6.58 Å². The zero-order valence-electron chi connectivity index (χ0n) is 11.3. The monoisotopic (exact) mass is 256 g/mol. The van der Waals surface area contributed by atoms with Crippen LogP contribution < -0.4 is 5.32 Å². The minimum absolute atomic E-state index is 0.157. The summed E-state index contributed by atoms with van der Waals surface area (Å²) in [7, 11) is 1.70. The number of rotatable bonds is 9. The summed E-state index contributed by atoms with van der Waals surface area (Å²) in [5.74, 6) is -0.157. The van der Waals surface area contributed by atoms with Gasteiger partial charge >= 0.3 is 6.09 Å². The summed E-state index contributed by atoms with van der Waals surface area (Å²) >= 11 is 0. The molecule has 5 nitrogen and oxygen atoms in total. The van der Waals surface area contributed by atoms with Gasteiger partial charge in [0.25, 0.3) is 0 Å². The van der Waals surface area contributed by atoms with Crippen molar-refractivity contribution < 1.29 is 14.7 Å². The van der Waals surface area contributed by atoms with Gasteiger partial charge in [-0.2, -0.15) is 0 Å². The van der Waals surface area contributed by atoms with Crippen molar-refractivity contribution in [1.82, 2.24) is 10.2 Å². The van der Waals surface area contributed by atoms with E-state index in [1.54, 1.807) is 11.9 Å². The van der Waals surface area contributed by atoms with Crippen LogP contribution in [0.2, 0.25) is 0 Å². The average molecular weight is 256 g/mol. The van der Waals surface area contributed by atoms with Gasteiger partial charge < -0.3 is 15.3 Å². The van der Waals surface area contributed by atoms with Crippen molar-refractivity contribution in [2.24, 2.45) is 0 Å². The van der Waals surface area contributed by atoms with Crippen molar-refractivity contribution in [1.29, 1.82) is 0 Å². The molecule has 0 aliphatic heterocycles. The van der Waals surface area contributed by atoms with Crippen LogP contribution in [0.1, 0.15) is 39.0 Å². The first-order chi connectivity index (χ1) is 8.52. The molecule has 0 fully saturated rings. The molecule has 0 aliphatic carbocycles. The van der Waals surface area contributed by atoms with Gasteiger partial charge in [0.05, 0.1) is 0 Å². The van der Waals surface area contributed by atoms with E-state index in [0.29, 0.717) is 13.0 Å². The standard InChI is InChI=1S/C13H24N2O3/c1-4-6-8-10-15(3)12(16)11(9-7-5-2)14-13(17)18/h4,11,14H,1,5-10H2,2-3H3,(H,17,18). The SMILES string of the molecule is C=CCCCN(C)C(=O)C(CCCC)NC(=O)O. The Hall–Kier alpha value is -1.52. The predicted octanol–water partition coefficient (Wildman–Crippen LogP) is 2.24. The number of carbonyl (C=O) groups excluding carboxylic acids is 1. The molecule has 0 aromatic rings. The van der Waals surface area contributed by atoms with Crippen LogP contribution in [0.4, 0.5) is 4.79 Å². The van der Waals surface area contributed by atoms with Crippen LogP contribution in [-0.2, 0) is 4.79 Å². The molecule has 1 unspecified atom stereocenters. The lowest BCUT2D eigenvalue weighted by Crippen LogP contribution is -2.47. The van der Waals surface area contributed by atoms with Crippen LogP contribution in [-0.4, -0.2) is 41.6 Å². The fourth-order valence-corrected chi connectivity index (χ4v) is 1.66. The Morgan fingerprint density at radius 1 is 1.44 bits per heavy atom. The fourth-order valence-electron chi connectivity index (χ4n) is 1.66. The first-order valence-electron chi connectivity index (χ1n) is 6.38. The number of nitrogens with zero attached hydrogens (tertiary/aromatic N) is 1. The number of nitrogens with one attached hydrogen (secondary N) is 1. The molecule has 0 aliphatic rings. The molecule has 2 N–H and O–H groups in total. The molecule has 0 bridgehead atoms. The van der Waals surface area contributed by atoms with Crippen molar-refractivity contribution in [3.63, 3.8) is 0 Å². The number of allylic oxidation sites excluding steroid dienone is 1. The van der Waals surface area contributed by atoms with E-state index in [0.717, 1.165) is 25.7 Å². The number of carbonyl (C=O) groups is 2. The predicted molar refractivity (Wildman–Crippen MR) is 71.5 cm³/mol. The number of likely N-dealkylation sites (N-methyl/N-ethyl adjacent to an activating group) is 1. The van der Waals surface area contributed by atoms with Crippen LogP contribution in [0.5, 0.6) is 0 Å². The highest BCUT2D eigenvalue weighted by molar-refractivity contribution is 5.85. The van der Waals surface area contributed by atoms with Crippen LogP contribution in [0.25, 0.3) is 0 Å². The third-order valence-electron chi connectivity index (χ3n) is 2.72. The summed E-state index contributed by atoms with van der Waals surface area (Å²) in [6.07, 6.45) is 4.67. The molecule has 0 saturated carbocycles. The van der Waals surface area contributed by atoms with Crippen molar-refractivity contribution in [3.05, 3.63) is 12.7 Å². The van der Waals surface area contributed by atoms with E-state index in [1.807, 2.05) is 13.0 Å². The Bertz CT molecular complexity index is 279. The average Bonchev–Trinajstić information content (AvgIpc) is 2.33. The van der Waals surface area contributed by atoms with E-state index in [4.69, 9.17) is 5.11 Å². The molecular weight excluding hydrogens is 232 g/mol. The zero-order valence-corrected chi connectivity index (χ0v) is 11.3. The maximum Gasteiger partial charge on any atom is 0.405 e. The topological polar surface area (TPSA) is 69.6 Å². The fraction of sp³-hybridized carbons (Fsp3) is 0.692. The molecular formula is C13H24N2O3. The normalized spacial score (nSPS) is 11.7. The number of hydrogen-bond acceptors (Lipinski definition) is 2. The largest absolute Gasteiger partial charge is 0.465 e. The number of carboxylic acid groups (broad SMARTS) is 1. The van der Waals surface area contributed by atoms with E-state index < -0.39 is 12.1 Å². The van der Waals surface area contributed by atoms with Crippen LogP contribution in [0, 0.1) is 0 Å². The van der Waals surface area contributed by atoms with Crippen molar-refractivity contribution in [3.8, 4) is 0 Å². The number of amides is 2. The van der Waals surface area contributed by atoms with Gasteiger partial charge in [0, 0.05) is 13.6 Å². The molecule has 0 heterocycles. The van der Waals surface area contributed by atoms with E-state index in [-0.39, 0.29) is 5.91 Å². The molecule has 0 rings (SSSR count). The van der Waals surface area contributed by atoms with Crippen LogP contribution >= 0.6 is 0 Å². The van der Waals surface area contributed by atoms with Crippen molar-refractivity contribution >= 4 is 12.0 Å². The Balaban J connectivity index is 4.32. The summed E-state index contributed by atoms with van der Waals surface area (Å²) in [4.78, 5) is 24.3. The molecule has 0 spiro atoms. The molecule has 18 heavy (non-hydrogen) atoms. The second-order valence-corrected chi connectivity index (χ2v) is 4.34. The van der Waals surface area contributed by atoms with Gasteiger partial charge in [-0.1, -0.05) is 25.8 Å². The third kappa shape index (κ3) is 6.93. The smallest absolute Gasteiger partial charge is 0.405 e. The lowest BCUT2D eigenvalue weighted by molar-refractivity contribution is -0.132. The third-order valence-corrected chi connectivity index (χ3v) is 2.72. The van der Waals surface area contributed by atoms with Gasteiger partial charge in [0.15, 0.2) is 0 Å². The molecule has 0 saturated heterocycles. The molecule has 2 amide bonds. The first kappa shape index (κ1) is 16.5. The summed E-state index contributed by atoms with van der Waals surface area (Å²) in [6.45, 7) is 6.25. The van der Waals surface area contributed by atoms with Crippen molar-refractivity contribution in [2.45, 2.75) is 45.1 Å². The van der Waals surface area contributed by atoms with E-state index in [9.17, 15) is 9.59 Å².